The molecule has 0 saturated heterocycles. The molecule has 0 aromatic rings. The van der Waals surface area contributed by atoms with Crippen LogP contribution in [0.25, 0.3) is 0 Å². The molecule has 32 heavy (non-hydrogen) atoms. The summed E-state index contributed by atoms with van der Waals surface area (Å²) in [5.74, 6) is 0. The van der Waals surface area contributed by atoms with Crippen LogP contribution in [-0.2, 0) is 0 Å². The number of quaternary nitrogens is 1. The van der Waals surface area contributed by atoms with E-state index < -0.39 is 0 Å². The molecule has 0 saturated carbocycles. The molecule has 0 aromatic carbocycles. The molecule has 0 N–H and O–H groups in total. The number of hydrogen-bond donors (Lipinski definition) is 0. The van der Waals surface area contributed by atoms with Gasteiger partial charge in [-0.15, -0.1) is 0 Å². The van der Waals surface area contributed by atoms with E-state index in [-0.39, 0.29) is 0 Å². The van der Waals surface area contributed by atoms with Crippen LogP contribution in [0.3, 0.4) is 0 Å². The summed E-state index contributed by atoms with van der Waals surface area (Å²) < 4.78 is 1.23. The van der Waals surface area contributed by atoms with Crippen LogP contribution in [0.1, 0.15) is 175 Å². The maximum atomic E-state index is 2.49. The summed E-state index contributed by atoms with van der Waals surface area (Å²) in [4.78, 5) is 0. The van der Waals surface area contributed by atoms with E-state index >= 15 is 0 Å². The standard InChI is InChI=1S/C31H66N/c1-6-8-10-12-14-16-17-18-19-20-21-22-24-26-28-30-32(4,5)31(3)29-27-25-23-15-13-11-9-7-2/h31H,6-30H2,1-5H3/q+1. The van der Waals surface area contributed by atoms with E-state index in [9.17, 15) is 0 Å². The van der Waals surface area contributed by atoms with Crippen molar-refractivity contribution >= 4 is 0 Å². The molecule has 0 rings (SSSR count). The Morgan fingerprint density at radius 2 is 0.688 bits per heavy atom. The largest absolute Gasteiger partial charge is 0.326 e. The lowest BCUT2D eigenvalue weighted by Gasteiger charge is -2.36. The highest BCUT2D eigenvalue weighted by Crippen LogP contribution is 2.18. The quantitative estimate of drug-likeness (QED) is 0.0903. The lowest BCUT2D eigenvalue weighted by molar-refractivity contribution is -0.913. The van der Waals surface area contributed by atoms with Crippen molar-refractivity contribution in [2.24, 2.45) is 0 Å². The number of nitrogens with zero attached hydrogens (tertiary/aromatic N) is 1. The summed E-state index contributed by atoms with van der Waals surface area (Å²) in [5, 5.41) is 0. The molecule has 0 radical (unpaired) electrons. The Labute approximate surface area is 206 Å². The number of unbranched alkanes of at least 4 members (excludes halogenated alkanes) is 21. The van der Waals surface area contributed by atoms with Crippen LogP contribution in [0.15, 0.2) is 0 Å². The minimum Gasteiger partial charge on any atom is -0.326 e. The van der Waals surface area contributed by atoms with Gasteiger partial charge in [0, 0.05) is 0 Å². The molecular formula is C31H66N+. The Hall–Kier alpha value is -0.0400. The smallest absolute Gasteiger partial charge is 0.0857 e. The number of hydrogen-bond acceptors (Lipinski definition) is 0. The summed E-state index contributed by atoms with van der Waals surface area (Å²) >= 11 is 0. The first kappa shape index (κ1) is 32.0. The van der Waals surface area contributed by atoms with E-state index in [0.717, 1.165) is 6.04 Å². The maximum Gasteiger partial charge on any atom is 0.0857 e. The average molecular weight is 453 g/mol. The lowest BCUT2D eigenvalue weighted by atomic mass is 10.0. The van der Waals surface area contributed by atoms with Crippen LogP contribution in [-0.4, -0.2) is 31.2 Å². The van der Waals surface area contributed by atoms with Gasteiger partial charge in [-0.2, -0.15) is 0 Å². The van der Waals surface area contributed by atoms with Crippen LogP contribution in [0.4, 0.5) is 0 Å². The molecule has 0 aromatic heterocycles. The van der Waals surface area contributed by atoms with Crippen molar-refractivity contribution in [2.75, 3.05) is 20.6 Å². The van der Waals surface area contributed by atoms with Gasteiger partial charge in [0.2, 0.25) is 0 Å². The minimum absolute atomic E-state index is 0.821. The fraction of sp³-hybridized carbons (Fsp3) is 1.00. The molecule has 0 amide bonds. The summed E-state index contributed by atoms with van der Waals surface area (Å²) in [7, 11) is 4.94. The molecule has 0 fully saturated rings. The zero-order valence-electron chi connectivity index (χ0n) is 23.7. The maximum absolute atomic E-state index is 2.49. The van der Waals surface area contributed by atoms with E-state index in [0.29, 0.717) is 0 Å². The summed E-state index contributed by atoms with van der Waals surface area (Å²) in [5.41, 5.74) is 0. The van der Waals surface area contributed by atoms with Gasteiger partial charge in [-0.05, 0) is 32.6 Å². The van der Waals surface area contributed by atoms with E-state index in [4.69, 9.17) is 0 Å². The first-order valence-electron chi connectivity index (χ1n) is 15.4. The van der Waals surface area contributed by atoms with Gasteiger partial charge in [-0.3, -0.25) is 0 Å². The zero-order chi connectivity index (χ0) is 23.8. The Kier molecular flexibility index (Phi) is 24.1. The third-order valence-corrected chi connectivity index (χ3v) is 8.01. The van der Waals surface area contributed by atoms with Gasteiger partial charge in [0.05, 0.1) is 26.7 Å². The first-order valence-corrected chi connectivity index (χ1v) is 15.4. The SMILES string of the molecule is CCCCCCCCCCCCCCCCC[N+](C)(C)C(C)CCCCCCCCCC. The van der Waals surface area contributed by atoms with Gasteiger partial charge >= 0.3 is 0 Å². The molecule has 0 bridgehead atoms. The van der Waals surface area contributed by atoms with Crippen LogP contribution in [0, 0.1) is 0 Å². The van der Waals surface area contributed by atoms with Crippen molar-refractivity contribution in [2.45, 2.75) is 181 Å². The Morgan fingerprint density at radius 3 is 1.03 bits per heavy atom. The summed E-state index contributed by atoms with van der Waals surface area (Å²) in [6, 6.07) is 0.821. The fourth-order valence-corrected chi connectivity index (χ4v) is 5.03. The van der Waals surface area contributed by atoms with Gasteiger partial charge in [0.25, 0.3) is 0 Å². The van der Waals surface area contributed by atoms with E-state index in [1.165, 1.54) is 165 Å². The van der Waals surface area contributed by atoms with Crippen molar-refractivity contribution in [1.82, 2.24) is 0 Å². The normalized spacial score (nSPS) is 13.0. The molecule has 1 heteroatoms. The Bertz CT molecular complexity index is 348. The highest BCUT2D eigenvalue weighted by Gasteiger charge is 2.22. The molecule has 0 heterocycles. The molecular weight excluding hydrogens is 386 g/mol. The van der Waals surface area contributed by atoms with Crippen LogP contribution in [0.2, 0.25) is 0 Å². The second kappa shape index (κ2) is 24.1. The molecule has 1 nitrogen and oxygen atoms in total. The van der Waals surface area contributed by atoms with E-state index in [2.05, 4.69) is 34.9 Å². The van der Waals surface area contributed by atoms with E-state index in [1.54, 1.807) is 0 Å². The minimum atomic E-state index is 0.821. The third-order valence-electron chi connectivity index (χ3n) is 8.01. The topological polar surface area (TPSA) is 0 Å². The van der Waals surface area contributed by atoms with Gasteiger partial charge in [0.1, 0.15) is 0 Å². The fourth-order valence-electron chi connectivity index (χ4n) is 5.03. The van der Waals surface area contributed by atoms with Crippen LogP contribution in [0.5, 0.6) is 0 Å². The van der Waals surface area contributed by atoms with Gasteiger partial charge in [-0.25, -0.2) is 0 Å². The van der Waals surface area contributed by atoms with Crippen molar-refractivity contribution in [3.05, 3.63) is 0 Å². The van der Waals surface area contributed by atoms with Crippen molar-refractivity contribution in [3.63, 3.8) is 0 Å². The van der Waals surface area contributed by atoms with Crippen LogP contribution >= 0.6 is 0 Å². The Balaban J connectivity index is 3.42. The molecule has 0 spiro atoms. The van der Waals surface area contributed by atoms with Gasteiger partial charge in [0.15, 0.2) is 0 Å². The second-order valence-electron chi connectivity index (χ2n) is 11.6. The molecule has 0 aliphatic carbocycles. The first-order chi connectivity index (χ1) is 15.5. The molecule has 1 unspecified atom stereocenters. The van der Waals surface area contributed by atoms with Crippen LogP contribution < -0.4 is 0 Å². The van der Waals surface area contributed by atoms with E-state index in [1.807, 2.05) is 0 Å². The molecule has 194 valence electrons. The van der Waals surface area contributed by atoms with Gasteiger partial charge in [-0.1, -0.05) is 142 Å². The second-order valence-corrected chi connectivity index (χ2v) is 11.6. The third kappa shape index (κ3) is 21.8. The van der Waals surface area contributed by atoms with Crippen molar-refractivity contribution < 1.29 is 4.48 Å². The summed E-state index contributed by atoms with van der Waals surface area (Å²) in [6.45, 7) is 8.48. The molecule has 1 atom stereocenters. The molecule has 0 aliphatic rings. The van der Waals surface area contributed by atoms with Crippen molar-refractivity contribution in [3.8, 4) is 0 Å². The average Bonchev–Trinajstić information content (AvgIpc) is 2.78. The predicted octanol–water partition coefficient (Wildman–Crippen LogP) is 10.9. The zero-order valence-corrected chi connectivity index (χ0v) is 23.7. The Morgan fingerprint density at radius 1 is 0.406 bits per heavy atom. The summed E-state index contributed by atoms with van der Waals surface area (Å²) in [6.07, 6.45) is 34.9. The lowest BCUT2D eigenvalue weighted by Crippen LogP contribution is -2.47. The van der Waals surface area contributed by atoms with Crippen molar-refractivity contribution in [1.29, 1.82) is 0 Å². The highest BCUT2D eigenvalue weighted by molar-refractivity contribution is 4.55. The highest BCUT2D eigenvalue weighted by atomic mass is 15.3. The molecule has 0 aliphatic heterocycles. The number of rotatable bonds is 26. The van der Waals surface area contributed by atoms with Gasteiger partial charge < -0.3 is 4.48 Å². The monoisotopic (exact) mass is 453 g/mol. The predicted molar refractivity (Wildman–Crippen MR) is 149 cm³/mol.